The van der Waals surface area contributed by atoms with Gasteiger partial charge in [-0.1, -0.05) is 42.5 Å². The average Bonchev–Trinajstić information content (AvgIpc) is 2.43. The van der Waals surface area contributed by atoms with Crippen LogP contribution in [0, 0.1) is 0 Å². The van der Waals surface area contributed by atoms with Gasteiger partial charge in [0.05, 0.1) is 25.6 Å². The van der Waals surface area contributed by atoms with Crippen LogP contribution in [0.4, 0.5) is 0 Å². The molecule has 0 N–H and O–H groups in total. The Balaban J connectivity index is 2.07. The van der Waals surface area contributed by atoms with Gasteiger partial charge in [0.15, 0.2) is 0 Å². The molecular formula is C15H22O5S. The topological polar surface area (TPSA) is 61.8 Å². The molecule has 0 amide bonds. The molecule has 0 heterocycles. The van der Waals surface area contributed by atoms with Gasteiger partial charge in [-0.3, -0.25) is 4.18 Å². The molecule has 1 aromatic rings. The molecule has 6 heteroatoms. The maximum Gasteiger partial charge on any atom is 0.264 e. The molecule has 0 aliphatic carbocycles. The molecule has 1 rings (SSSR count). The largest absolute Gasteiger partial charge is 0.351 e. The lowest BCUT2D eigenvalue weighted by Gasteiger charge is -2.09. The number of benzene rings is 1. The van der Waals surface area contributed by atoms with Crippen molar-refractivity contribution in [3.05, 3.63) is 48.0 Å². The Morgan fingerprint density at radius 3 is 2.62 bits per heavy atom. The molecule has 0 aliphatic heterocycles. The van der Waals surface area contributed by atoms with Crippen molar-refractivity contribution in [2.24, 2.45) is 0 Å². The second-order valence-electron chi connectivity index (χ2n) is 4.57. The first-order valence-corrected chi connectivity index (χ1v) is 8.53. The van der Waals surface area contributed by atoms with Gasteiger partial charge in [-0.25, -0.2) is 0 Å². The van der Waals surface area contributed by atoms with Crippen LogP contribution in [0.1, 0.15) is 18.9 Å². The summed E-state index contributed by atoms with van der Waals surface area (Å²) in [5, 5.41) is 0. The average molecular weight is 314 g/mol. The number of hydrogen-bond acceptors (Lipinski definition) is 5. The van der Waals surface area contributed by atoms with E-state index in [-0.39, 0.29) is 19.5 Å². The SMILES string of the molecule is C[C@@H](/C=C/CCOS(C)(=O)=O)OCOCc1ccccc1. The van der Waals surface area contributed by atoms with Crippen molar-refractivity contribution in [3.8, 4) is 0 Å². The number of rotatable bonds is 10. The normalized spacial score (nSPS) is 13.6. The minimum atomic E-state index is -3.35. The molecule has 0 unspecified atom stereocenters. The Hall–Kier alpha value is -1.21. The molecule has 1 aromatic carbocycles. The molecule has 0 aromatic heterocycles. The molecule has 21 heavy (non-hydrogen) atoms. The van der Waals surface area contributed by atoms with E-state index in [2.05, 4.69) is 4.18 Å². The highest BCUT2D eigenvalue weighted by Crippen LogP contribution is 2.02. The second-order valence-corrected chi connectivity index (χ2v) is 6.21. The molecule has 1 atom stereocenters. The fraction of sp³-hybridized carbons (Fsp3) is 0.467. The molecular weight excluding hydrogens is 292 g/mol. The van der Waals surface area contributed by atoms with E-state index in [0.717, 1.165) is 11.8 Å². The van der Waals surface area contributed by atoms with Crippen LogP contribution in [0.25, 0.3) is 0 Å². The third-order valence-corrected chi connectivity index (χ3v) is 3.11. The van der Waals surface area contributed by atoms with E-state index in [9.17, 15) is 8.42 Å². The van der Waals surface area contributed by atoms with Crippen molar-refractivity contribution in [2.75, 3.05) is 19.7 Å². The van der Waals surface area contributed by atoms with Crippen molar-refractivity contribution in [3.63, 3.8) is 0 Å². The second kappa shape index (κ2) is 9.68. The van der Waals surface area contributed by atoms with Crippen LogP contribution >= 0.6 is 0 Å². The minimum Gasteiger partial charge on any atom is -0.351 e. The lowest BCUT2D eigenvalue weighted by Crippen LogP contribution is -2.09. The van der Waals surface area contributed by atoms with Gasteiger partial charge in [0.1, 0.15) is 6.79 Å². The summed E-state index contributed by atoms with van der Waals surface area (Å²) in [6.07, 6.45) is 5.13. The van der Waals surface area contributed by atoms with Crippen molar-refractivity contribution in [1.29, 1.82) is 0 Å². The first kappa shape index (κ1) is 17.8. The summed E-state index contributed by atoms with van der Waals surface area (Å²) in [5.74, 6) is 0. The van der Waals surface area contributed by atoms with Gasteiger partial charge in [-0.15, -0.1) is 0 Å². The summed E-state index contributed by atoms with van der Waals surface area (Å²) in [4.78, 5) is 0. The van der Waals surface area contributed by atoms with E-state index in [1.807, 2.05) is 49.4 Å². The van der Waals surface area contributed by atoms with Gasteiger partial charge < -0.3 is 9.47 Å². The standard InChI is InChI=1S/C15H22O5S/c1-14(8-6-7-11-20-21(2,16)17)19-13-18-12-15-9-4-3-5-10-15/h3-6,8-10,14H,7,11-13H2,1-2H3/b8-6+/t14-/m0/s1. The maximum absolute atomic E-state index is 10.7. The number of hydrogen-bond donors (Lipinski definition) is 0. The van der Waals surface area contributed by atoms with Gasteiger partial charge in [-0.2, -0.15) is 8.42 Å². The molecule has 118 valence electrons. The van der Waals surface area contributed by atoms with Crippen LogP contribution in [0.15, 0.2) is 42.5 Å². The minimum absolute atomic E-state index is 0.0981. The third-order valence-electron chi connectivity index (χ3n) is 2.51. The van der Waals surface area contributed by atoms with Crippen molar-refractivity contribution < 1.29 is 22.1 Å². The third kappa shape index (κ3) is 10.2. The van der Waals surface area contributed by atoms with E-state index < -0.39 is 10.1 Å². The highest BCUT2D eigenvalue weighted by molar-refractivity contribution is 7.85. The summed E-state index contributed by atoms with van der Waals surface area (Å²) >= 11 is 0. The maximum atomic E-state index is 10.7. The highest BCUT2D eigenvalue weighted by atomic mass is 32.2. The predicted molar refractivity (Wildman–Crippen MR) is 81.2 cm³/mol. The number of ether oxygens (including phenoxy) is 2. The first-order valence-electron chi connectivity index (χ1n) is 6.72. The van der Waals surface area contributed by atoms with Gasteiger partial charge in [0, 0.05) is 0 Å². The van der Waals surface area contributed by atoms with Crippen molar-refractivity contribution in [1.82, 2.24) is 0 Å². The summed E-state index contributed by atoms with van der Waals surface area (Å²) in [7, 11) is -3.35. The van der Waals surface area contributed by atoms with Gasteiger partial charge in [-0.05, 0) is 18.9 Å². The van der Waals surface area contributed by atoms with E-state index in [0.29, 0.717) is 13.0 Å². The lowest BCUT2D eigenvalue weighted by molar-refractivity contribution is -0.0775. The molecule has 0 saturated heterocycles. The zero-order chi connectivity index (χ0) is 15.6. The van der Waals surface area contributed by atoms with Crippen LogP contribution in [-0.4, -0.2) is 34.2 Å². The molecule has 5 nitrogen and oxygen atoms in total. The molecule has 0 radical (unpaired) electrons. The van der Waals surface area contributed by atoms with E-state index in [1.54, 1.807) is 0 Å². The quantitative estimate of drug-likeness (QED) is 0.287. The molecule has 0 aliphatic rings. The smallest absolute Gasteiger partial charge is 0.264 e. The Bertz CT molecular complexity index is 510. The zero-order valence-corrected chi connectivity index (χ0v) is 13.2. The summed E-state index contributed by atoms with van der Waals surface area (Å²) in [6.45, 7) is 2.76. The molecule has 0 spiro atoms. The summed E-state index contributed by atoms with van der Waals surface area (Å²) in [5.41, 5.74) is 1.10. The Labute approximate surface area is 126 Å². The highest BCUT2D eigenvalue weighted by Gasteiger charge is 2.00. The summed E-state index contributed by atoms with van der Waals surface area (Å²) in [6, 6.07) is 9.86. The van der Waals surface area contributed by atoms with Crippen LogP contribution in [0.2, 0.25) is 0 Å². The van der Waals surface area contributed by atoms with Crippen LogP contribution in [0.5, 0.6) is 0 Å². The Morgan fingerprint density at radius 1 is 1.24 bits per heavy atom. The van der Waals surface area contributed by atoms with Crippen molar-refractivity contribution >= 4 is 10.1 Å². The molecule has 0 bridgehead atoms. The lowest BCUT2D eigenvalue weighted by atomic mass is 10.2. The van der Waals surface area contributed by atoms with Crippen LogP contribution in [0.3, 0.4) is 0 Å². The van der Waals surface area contributed by atoms with Gasteiger partial charge >= 0.3 is 0 Å². The van der Waals surface area contributed by atoms with Gasteiger partial charge in [0.2, 0.25) is 0 Å². The Morgan fingerprint density at radius 2 is 1.95 bits per heavy atom. The van der Waals surface area contributed by atoms with Gasteiger partial charge in [0.25, 0.3) is 10.1 Å². The zero-order valence-electron chi connectivity index (χ0n) is 12.4. The molecule has 0 fully saturated rings. The van der Waals surface area contributed by atoms with E-state index in [1.165, 1.54) is 0 Å². The summed E-state index contributed by atoms with van der Waals surface area (Å²) < 4.78 is 36.9. The van der Waals surface area contributed by atoms with Crippen molar-refractivity contribution in [2.45, 2.75) is 26.1 Å². The van der Waals surface area contributed by atoms with Crippen LogP contribution < -0.4 is 0 Å². The predicted octanol–water partition coefficient (Wildman–Crippen LogP) is 2.49. The fourth-order valence-electron chi connectivity index (χ4n) is 1.50. The van der Waals surface area contributed by atoms with Crippen LogP contribution in [-0.2, 0) is 30.4 Å². The van der Waals surface area contributed by atoms with E-state index >= 15 is 0 Å². The van der Waals surface area contributed by atoms with E-state index in [4.69, 9.17) is 9.47 Å². The monoisotopic (exact) mass is 314 g/mol. The molecule has 0 saturated carbocycles. The Kier molecular flexibility index (Phi) is 8.22. The fourth-order valence-corrected chi connectivity index (χ4v) is 1.90. The first-order chi connectivity index (χ1) is 9.97.